The largest absolute Gasteiger partial charge is 0.497 e. The van der Waals surface area contributed by atoms with E-state index in [9.17, 15) is 9.18 Å². The Bertz CT molecular complexity index is 730. The summed E-state index contributed by atoms with van der Waals surface area (Å²) in [6.07, 6.45) is 1.77. The minimum Gasteiger partial charge on any atom is -0.497 e. The maximum Gasteiger partial charge on any atom is 0.257 e. The van der Waals surface area contributed by atoms with Crippen molar-refractivity contribution in [3.63, 3.8) is 0 Å². The number of hydrogen-bond donors (Lipinski definition) is 0. The number of ether oxygens (including phenoxy) is 2. The second kappa shape index (κ2) is 6.91. The van der Waals surface area contributed by atoms with Crippen LogP contribution in [0.2, 0.25) is 0 Å². The first-order valence-electron chi connectivity index (χ1n) is 7.92. The molecule has 126 valence electrons. The lowest BCUT2D eigenvalue weighted by molar-refractivity contribution is 0.0731. The summed E-state index contributed by atoms with van der Waals surface area (Å²) in [5, 5.41) is 0. The molecule has 3 rings (SSSR count). The molecule has 2 aromatic carbocycles. The molecule has 4 nitrogen and oxygen atoms in total. The van der Waals surface area contributed by atoms with Crippen LogP contribution >= 0.6 is 0 Å². The van der Waals surface area contributed by atoms with E-state index in [0.717, 1.165) is 24.2 Å². The fraction of sp³-hybridized carbons (Fsp3) is 0.316. The molecule has 24 heavy (non-hydrogen) atoms. The monoisotopic (exact) mass is 329 g/mol. The van der Waals surface area contributed by atoms with Gasteiger partial charge in [-0.1, -0.05) is 12.1 Å². The molecule has 1 aliphatic heterocycles. The van der Waals surface area contributed by atoms with Crippen LogP contribution in [-0.2, 0) is 0 Å². The predicted octanol–water partition coefficient (Wildman–Crippen LogP) is 3.82. The van der Waals surface area contributed by atoms with Crippen molar-refractivity contribution < 1.29 is 18.7 Å². The van der Waals surface area contributed by atoms with Gasteiger partial charge in [-0.25, -0.2) is 4.39 Å². The molecule has 0 N–H and O–H groups in total. The summed E-state index contributed by atoms with van der Waals surface area (Å²) in [6, 6.07) is 12.0. The van der Waals surface area contributed by atoms with E-state index in [1.165, 1.54) is 19.2 Å². The summed E-state index contributed by atoms with van der Waals surface area (Å²) in [4.78, 5) is 14.5. The van der Waals surface area contributed by atoms with Gasteiger partial charge in [0.25, 0.3) is 5.91 Å². The SMILES string of the molecule is COc1ccc(C2CCCN2C(=O)c2ccc(OC)cc2F)cc1. The zero-order valence-electron chi connectivity index (χ0n) is 13.8. The molecule has 0 aromatic heterocycles. The molecule has 0 aliphatic carbocycles. The van der Waals surface area contributed by atoms with Crippen molar-refractivity contribution in [2.45, 2.75) is 18.9 Å². The van der Waals surface area contributed by atoms with Gasteiger partial charge in [-0.05, 0) is 42.7 Å². The fourth-order valence-electron chi connectivity index (χ4n) is 3.13. The number of amides is 1. The second-order valence-corrected chi connectivity index (χ2v) is 5.78. The number of carbonyl (C=O) groups is 1. The highest BCUT2D eigenvalue weighted by Gasteiger charge is 2.31. The normalized spacial score (nSPS) is 17.0. The van der Waals surface area contributed by atoms with Gasteiger partial charge in [0.05, 0.1) is 25.8 Å². The van der Waals surface area contributed by atoms with E-state index in [1.807, 2.05) is 24.3 Å². The Kier molecular flexibility index (Phi) is 4.69. The Hall–Kier alpha value is -2.56. The molecule has 1 aliphatic rings. The maximum atomic E-state index is 14.2. The van der Waals surface area contributed by atoms with E-state index in [1.54, 1.807) is 18.1 Å². The smallest absolute Gasteiger partial charge is 0.257 e. The lowest BCUT2D eigenvalue weighted by Crippen LogP contribution is -2.31. The maximum absolute atomic E-state index is 14.2. The van der Waals surface area contributed by atoms with Crippen LogP contribution in [0.5, 0.6) is 11.5 Å². The average Bonchev–Trinajstić information content (AvgIpc) is 3.10. The first kappa shape index (κ1) is 16.3. The molecular formula is C19H20FNO3. The molecule has 0 saturated carbocycles. The zero-order chi connectivity index (χ0) is 17.1. The van der Waals surface area contributed by atoms with Crippen molar-refractivity contribution in [2.75, 3.05) is 20.8 Å². The Morgan fingerprint density at radius 2 is 1.75 bits per heavy atom. The lowest BCUT2D eigenvalue weighted by Gasteiger charge is -2.25. The number of hydrogen-bond acceptors (Lipinski definition) is 3. The van der Waals surface area contributed by atoms with Crippen LogP contribution in [0, 0.1) is 5.82 Å². The van der Waals surface area contributed by atoms with E-state index in [4.69, 9.17) is 9.47 Å². The van der Waals surface area contributed by atoms with Crippen LogP contribution < -0.4 is 9.47 Å². The number of rotatable bonds is 4. The summed E-state index contributed by atoms with van der Waals surface area (Å²) in [7, 11) is 3.09. The molecule has 0 bridgehead atoms. The quantitative estimate of drug-likeness (QED) is 0.856. The van der Waals surface area contributed by atoms with Gasteiger partial charge in [-0.3, -0.25) is 4.79 Å². The van der Waals surface area contributed by atoms with Crippen molar-refractivity contribution in [2.24, 2.45) is 0 Å². The standard InChI is InChI=1S/C19H20FNO3/c1-23-14-7-5-13(6-8-14)18-4-3-11-21(18)19(22)16-10-9-15(24-2)12-17(16)20/h5-10,12,18H,3-4,11H2,1-2H3. The third kappa shape index (κ3) is 3.07. The van der Waals surface area contributed by atoms with Crippen LogP contribution in [-0.4, -0.2) is 31.6 Å². The van der Waals surface area contributed by atoms with E-state index >= 15 is 0 Å². The molecule has 0 radical (unpaired) electrons. The van der Waals surface area contributed by atoms with Crippen molar-refractivity contribution in [3.05, 3.63) is 59.4 Å². The Balaban J connectivity index is 1.85. The Morgan fingerprint density at radius 3 is 2.38 bits per heavy atom. The zero-order valence-corrected chi connectivity index (χ0v) is 13.8. The van der Waals surface area contributed by atoms with Gasteiger partial charge in [0.2, 0.25) is 0 Å². The summed E-state index contributed by atoms with van der Waals surface area (Å²) in [5.41, 5.74) is 1.12. The highest BCUT2D eigenvalue weighted by Crippen LogP contribution is 2.34. The second-order valence-electron chi connectivity index (χ2n) is 5.78. The Morgan fingerprint density at radius 1 is 1.08 bits per heavy atom. The van der Waals surface area contributed by atoms with Gasteiger partial charge < -0.3 is 14.4 Å². The topological polar surface area (TPSA) is 38.8 Å². The van der Waals surface area contributed by atoms with Crippen LogP contribution in [0.1, 0.15) is 34.8 Å². The third-order valence-corrected chi connectivity index (χ3v) is 4.42. The van der Waals surface area contributed by atoms with Gasteiger partial charge >= 0.3 is 0 Å². The van der Waals surface area contributed by atoms with Gasteiger partial charge in [0.1, 0.15) is 17.3 Å². The molecule has 1 fully saturated rings. The first-order chi connectivity index (χ1) is 11.6. The highest BCUT2D eigenvalue weighted by atomic mass is 19.1. The van der Waals surface area contributed by atoms with E-state index in [2.05, 4.69) is 0 Å². The summed E-state index contributed by atoms with van der Waals surface area (Å²) in [5.74, 6) is 0.334. The number of halogens is 1. The number of methoxy groups -OCH3 is 2. The van der Waals surface area contributed by atoms with Gasteiger partial charge in [0, 0.05) is 12.6 Å². The molecule has 1 unspecified atom stereocenters. The highest BCUT2D eigenvalue weighted by molar-refractivity contribution is 5.95. The van der Waals surface area contributed by atoms with Crippen LogP contribution in [0.15, 0.2) is 42.5 Å². The van der Waals surface area contributed by atoms with Crippen LogP contribution in [0.4, 0.5) is 4.39 Å². The molecule has 1 heterocycles. The lowest BCUT2D eigenvalue weighted by atomic mass is 10.0. The van der Waals surface area contributed by atoms with Gasteiger partial charge in [0.15, 0.2) is 0 Å². The predicted molar refractivity (Wildman–Crippen MR) is 89.0 cm³/mol. The van der Waals surface area contributed by atoms with E-state index < -0.39 is 5.82 Å². The number of carbonyl (C=O) groups excluding carboxylic acids is 1. The van der Waals surface area contributed by atoms with Crippen molar-refractivity contribution in [1.29, 1.82) is 0 Å². The molecule has 2 aromatic rings. The van der Waals surface area contributed by atoms with E-state index in [-0.39, 0.29) is 17.5 Å². The van der Waals surface area contributed by atoms with Crippen LogP contribution in [0.3, 0.4) is 0 Å². The van der Waals surface area contributed by atoms with Crippen molar-refractivity contribution >= 4 is 5.91 Å². The van der Waals surface area contributed by atoms with Crippen molar-refractivity contribution in [3.8, 4) is 11.5 Å². The first-order valence-corrected chi connectivity index (χ1v) is 7.92. The molecule has 1 atom stereocenters. The fourth-order valence-corrected chi connectivity index (χ4v) is 3.13. The summed E-state index contributed by atoms with van der Waals surface area (Å²) >= 11 is 0. The Labute approximate surface area is 140 Å². The average molecular weight is 329 g/mol. The molecule has 1 amide bonds. The molecular weight excluding hydrogens is 309 g/mol. The van der Waals surface area contributed by atoms with Gasteiger partial charge in [-0.2, -0.15) is 0 Å². The number of benzene rings is 2. The number of nitrogens with zero attached hydrogens (tertiary/aromatic N) is 1. The van der Waals surface area contributed by atoms with E-state index in [0.29, 0.717) is 12.3 Å². The number of likely N-dealkylation sites (tertiary alicyclic amines) is 1. The molecule has 5 heteroatoms. The molecule has 0 spiro atoms. The van der Waals surface area contributed by atoms with Crippen molar-refractivity contribution in [1.82, 2.24) is 4.90 Å². The van der Waals surface area contributed by atoms with Crippen LogP contribution in [0.25, 0.3) is 0 Å². The summed E-state index contributed by atoms with van der Waals surface area (Å²) in [6.45, 7) is 0.626. The van der Waals surface area contributed by atoms with Gasteiger partial charge in [-0.15, -0.1) is 0 Å². The summed E-state index contributed by atoms with van der Waals surface area (Å²) < 4.78 is 24.4. The minimum atomic E-state index is -0.556. The third-order valence-electron chi connectivity index (χ3n) is 4.42. The molecule has 1 saturated heterocycles. The minimum absolute atomic E-state index is 0.0371.